The van der Waals surface area contributed by atoms with E-state index in [9.17, 15) is 19.2 Å². The fourth-order valence-electron chi connectivity index (χ4n) is 7.27. The summed E-state index contributed by atoms with van der Waals surface area (Å²) in [6.07, 6.45) is 5.26. The molecule has 9 heteroatoms. The highest BCUT2D eigenvalue weighted by Crippen LogP contribution is 2.62. The van der Waals surface area contributed by atoms with Crippen LogP contribution in [0.5, 0.6) is 0 Å². The normalized spacial score (nSPS) is 42.9. The van der Waals surface area contributed by atoms with E-state index >= 15 is 0 Å². The Labute approximate surface area is 184 Å². The largest absolute Gasteiger partial charge is 0.461 e. The molecule has 2 amide bonds. The highest BCUT2D eigenvalue weighted by Gasteiger charge is 2.60. The van der Waals surface area contributed by atoms with E-state index in [-0.39, 0.29) is 52.8 Å². The quantitative estimate of drug-likeness (QED) is 0.505. The maximum atomic E-state index is 13.4. The minimum Gasteiger partial charge on any atom is -0.461 e. The number of nitrogens with zero attached hydrogens (tertiary/aromatic N) is 1. The molecule has 4 saturated carbocycles. The summed E-state index contributed by atoms with van der Waals surface area (Å²) >= 11 is 1.48. The summed E-state index contributed by atoms with van der Waals surface area (Å²) in [7, 11) is 0. The molecule has 0 aromatic carbocycles. The number of esters is 2. The Morgan fingerprint density at radius 2 is 1.97 bits per heavy atom. The number of amides is 2. The second-order valence-electron chi connectivity index (χ2n) is 10.2. The molecule has 31 heavy (non-hydrogen) atoms. The molecular weight excluding hydrogens is 420 g/mol. The summed E-state index contributed by atoms with van der Waals surface area (Å²) in [6, 6.07) is -0.626. The summed E-state index contributed by atoms with van der Waals surface area (Å²) < 4.78 is 11.3. The van der Waals surface area contributed by atoms with Gasteiger partial charge in [-0.15, -0.1) is 11.8 Å². The first-order valence-corrected chi connectivity index (χ1v) is 12.2. The molecule has 8 nitrogen and oxygen atoms in total. The maximum Gasteiger partial charge on any atom is 0.355 e. The van der Waals surface area contributed by atoms with Crippen LogP contribution in [0.1, 0.15) is 45.4 Å². The van der Waals surface area contributed by atoms with Gasteiger partial charge in [-0.2, -0.15) is 0 Å². The predicted molar refractivity (Wildman–Crippen MR) is 109 cm³/mol. The zero-order valence-corrected chi connectivity index (χ0v) is 18.2. The molecule has 1 N–H and O–H groups in total. The Hall–Kier alpha value is -2.03. The van der Waals surface area contributed by atoms with Crippen LogP contribution in [0.2, 0.25) is 0 Å². The number of β-lactam (4-membered cyclic amide) rings is 1. The van der Waals surface area contributed by atoms with E-state index in [1.54, 1.807) is 0 Å². The lowest BCUT2D eigenvalue weighted by Gasteiger charge is -2.59. The van der Waals surface area contributed by atoms with Crippen LogP contribution in [0.15, 0.2) is 11.3 Å². The molecule has 6 aliphatic heterocycles. The number of hydrogen-bond acceptors (Lipinski definition) is 7. The van der Waals surface area contributed by atoms with Gasteiger partial charge in [0.1, 0.15) is 29.8 Å². The third-order valence-electron chi connectivity index (χ3n) is 8.10. The van der Waals surface area contributed by atoms with Crippen LogP contribution in [-0.4, -0.2) is 58.5 Å². The maximum absolute atomic E-state index is 13.4. The van der Waals surface area contributed by atoms with E-state index in [1.807, 2.05) is 0 Å². The molecule has 0 radical (unpaired) electrons. The van der Waals surface area contributed by atoms with Crippen molar-refractivity contribution in [2.75, 3.05) is 12.4 Å². The van der Waals surface area contributed by atoms with Gasteiger partial charge in [-0.1, -0.05) is 0 Å². The first-order valence-electron chi connectivity index (χ1n) is 11.1. The lowest BCUT2D eigenvalue weighted by atomic mass is 9.47. The highest BCUT2D eigenvalue weighted by molar-refractivity contribution is 8.00. The molecule has 1 spiro atoms. The first kappa shape index (κ1) is 19.6. The van der Waals surface area contributed by atoms with Gasteiger partial charge in [0, 0.05) is 24.7 Å². The van der Waals surface area contributed by atoms with Crippen LogP contribution in [0.25, 0.3) is 0 Å². The van der Waals surface area contributed by atoms with Crippen molar-refractivity contribution in [3.63, 3.8) is 0 Å². The smallest absolute Gasteiger partial charge is 0.355 e. The Balaban J connectivity index is 1.39. The van der Waals surface area contributed by atoms with Crippen molar-refractivity contribution in [1.82, 2.24) is 10.2 Å². The van der Waals surface area contributed by atoms with Gasteiger partial charge in [0.05, 0.1) is 0 Å². The number of rotatable bonds is 2. The Kier molecular flexibility index (Phi) is 4.27. The Bertz CT molecular complexity index is 915. The van der Waals surface area contributed by atoms with Crippen LogP contribution in [0.4, 0.5) is 0 Å². The number of thioether (sulfide) groups is 1. The van der Waals surface area contributed by atoms with Crippen molar-refractivity contribution in [3.8, 4) is 0 Å². The van der Waals surface area contributed by atoms with Gasteiger partial charge in [-0.3, -0.25) is 19.3 Å². The van der Waals surface area contributed by atoms with E-state index in [0.717, 1.165) is 32.1 Å². The number of ether oxygens (including phenoxy) is 2. The van der Waals surface area contributed by atoms with Crippen molar-refractivity contribution in [2.45, 2.75) is 63.0 Å². The zero-order valence-electron chi connectivity index (χ0n) is 17.4. The van der Waals surface area contributed by atoms with Crippen molar-refractivity contribution >= 4 is 35.5 Å². The zero-order chi connectivity index (χ0) is 21.5. The number of nitrogens with one attached hydrogen (secondary N) is 1. The molecular formula is C22H26N2O6S. The van der Waals surface area contributed by atoms with Gasteiger partial charge in [0.25, 0.3) is 5.91 Å². The van der Waals surface area contributed by atoms with E-state index in [1.165, 1.54) is 23.6 Å². The molecule has 0 aromatic rings. The van der Waals surface area contributed by atoms with E-state index < -0.39 is 18.0 Å². The third kappa shape index (κ3) is 2.95. The average molecular weight is 447 g/mol. The number of carbonyl (C=O) groups excluding carboxylic acids is 4. The predicted octanol–water partition coefficient (Wildman–Crippen LogP) is 1.35. The second-order valence-corrected chi connectivity index (χ2v) is 11.3. The topological polar surface area (TPSA) is 102 Å². The van der Waals surface area contributed by atoms with E-state index in [0.29, 0.717) is 23.7 Å². The molecule has 5 saturated heterocycles. The van der Waals surface area contributed by atoms with Gasteiger partial charge in [0.2, 0.25) is 5.91 Å². The van der Waals surface area contributed by atoms with Crippen LogP contribution < -0.4 is 5.32 Å². The van der Waals surface area contributed by atoms with Gasteiger partial charge in [-0.25, -0.2) is 4.79 Å². The second kappa shape index (κ2) is 6.73. The summed E-state index contributed by atoms with van der Waals surface area (Å²) in [5.41, 5.74) is 0.782. The molecule has 0 aromatic heterocycles. The van der Waals surface area contributed by atoms with Crippen LogP contribution in [-0.2, 0) is 28.7 Å². The SMILES string of the molecule is CC(=O)OCC1=C2C(=O)OC3C4CC5CC3CC(CC(=O)N[C@@H]3C(=O)N2[C@@H]3SC1)(C5)C4. The van der Waals surface area contributed by atoms with Crippen molar-refractivity contribution in [2.24, 2.45) is 23.2 Å². The lowest BCUT2D eigenvalue weighted by molar-refractivity contribution is -0.181. The van der Waals surface area contributed by atoms with Crippen LogP contribution in [0, 0.1) is 23.2 Å². The molecule has 4 atom stereocenters. The highest BCUT2D eigenvalue weighted by atomic mass is 32.2. The summed E-state index contributed by atoms with van der Waals surface area (Å²) in [5.74, 6) is 0.307. The summed E-state index contributed by atoms with van der Waals surface area (Å²) in [4.78, 5) is 52.2. The number of hydrogen-bond donors (Lipinski definition) is 1. The van der Waals surface area contributed by atoms with Crippen molar-refractivity contribution < 1.29 is 28.7 Å². The molecule has 9 fully saturated rings. The minimum absolute atomic E-state index is 0.0218. The van der Waals surface area contributed by atoms with Crippen molar-refractivity contribution in [3.05, 3.63) is 11.3 Å². The molecule has 6 heterocycles. The Morgan fingerprint density at radius 3 is 2.68 bits per heavy atom. The molecule has 2 unspecified atom stereocenters. The molecule has 4 aliphatic carbocycles. The first-order chi connectivity index (χ1) is 14.8. The molecule has 10 rings (SSSR count). The summed E-state index contributed by atoms with van der Waals surface area (Å²) in [6.45, 7) is 1.28. The average Bonchev–Trinajstić information content (AvgIpc) is 2.71. The molecule has 9 bridgehead atoms. The fraction of sp³-hybridized carbons (Fsp3) is 0.727. The molecule has 10 aliphatic rings. The van der Waals surface area contributed by atoms with Gasteiger partial charge in [-0.05, 0) is 55.3 Å². The minimum atomic E-state index is -0.626. The van der Waals surface area contributed by atoms with Crippen molar-refractivity contribution in [1.29, 1.82) is 0 Å². The third-order valence-corrected chi connectivity index (χ3v) is 9.44. The number of carbonyl (C=O) groups is 4. The Morgan fingerprint density at radius 1 is 1.23 bits per heavy atom. The molecule has 166 valence electrons. The van der Waals surface area contributed by atoms with Crippen LogP contribution in [0.3, 0.4) is 0 Å². The van der Waals surface area contributed by atoms with Gasteiger partial charge < -0.3 is 14.8 Å². The van der Waals surface area contributed by atoms with E-state index in [2.05, 4.69) is 5.32 Å². The fourth-order valence-corrected chi connectivity index (χ4v) is 8.60. The van der Waals surface area contributed by atoms with E-state index in [4.69, 9.17) is 9.47 Å². The van der Waals surface area contributed by atoms with Gasteiger partial charge >= 0.3 is 11.9 Å². The van der Waals surface area contributed by atoms with Crippen LogP contribution >= 0.6 is 11.8 Å². The summed E-state index contributed by atoms with van der Waals surface area (Å²) in [5, 5.41) is 2.64. The van der Waals surface area contributed by atoms with Gasteiger partial charge in [0.15, 0.2) is 0 Å². The lowest BCUT2D eigenvalue weighted by Crippen LogP contribution is -2.70. The monoisotopic (exact) mass is 446 g/mol. The standard InChI is InChI=1S/C22H26N2O6S/c1-10(25)29-8-14-9-31-20-16-19(27)24(20)17(14)21(28)30-18-12-2-11-3-13(18)6-22(4-11,5-12)7-15(26)23-16/h11-13,16,18,20H,2-9H2,1H3,(H,23,26)/t11?,12?,13?,16-,18?,20-,22?/m1/s1.